The van der Waals surface area contributed by atoms with E-state index in [1.165, 1.54) is 18.4 Å². The van der Waals surface area contributed by atoms with Gasteiger partial charge in [-0.2, -0.15) is 0 Å². The quantitative estimate of drug-likeness (QED) is 0.326. The van der Waals surface area contributed by atoms with Crippen molar-refractivity contribution >= 4 is 17.9 Å². The number of carbonyl (C=O) groups is 2. The molecular weight excluding hydrogens is 468 g/mol. The largest absolute Gasteiger partial charge is 0.497 e. The molecule has 1 aliphatic carbocycles. The summed E-state index contributed by atoms with van der Waals surface area (Å²) in [7, 11) is 1.64. The van der Waals surface area contributed by atoms with Gasteiger partial charge in [0.1, 0.15) is 17.2 Å². The van der Waals surface area contributed by atoms with Gasteiger partial charge in [-0.05, 0) is 77.9 Å². The predicted molar refractivity (Wildman–Crippen MR) is 143 cm³/mol. The zero-order valence-electron chi connectivity index (χ0n) is 20.9. The topological polar surface area (TPSA) is 96.9 Å². The summed E-state index contributed by atoms with van der Waals surface area (Å²) in [5.74, 6) is 1.22. The van der Waals surface area contributed by atoms with Crippen molar-refractivity contribution in [2.45, 2.75) is 25.2 Å². The molecule has 0 bridgehead atoms. The number of hydrogen-bond donors (Lipinski definition) is 3. The fourth-order valence-electron chi connectivity index (χ4n) is 3.85. The summed E-state index contributed by atoms with van der Waals surface area (Å²) >= 11 is 0. The molecule has 3 aromatic rings. The summed E-state index contributed by atoms with van der Waals surface area (Å²) in [5, 5.41) is 14.4. The lowest BCUT2D eigenvalue weighted by Crippen LogP contribution is -2.36. The highest BCUT2D eigenvalue weighted by Gasteiger charge is 2.23. The summed E-state index contributed by atoms with van der Waals surface area (Å²) in [6.45, 7) is 0.396. The van der Waals surface area contributed by atoms with Crippen LogP contribution in [0.2, 0.25) is 0 Å². The predicted octanol–water partition coefficient (Wildman–Crippen LogP) is 4.07. The maximum absolute atomic E-state index is 12.9. The third kappa shape index (κ3) is 7.69. The van der Waals surface area contributed by atoms with Gasteiger partial charge in [0.2, 0.25) is 0 Å². The van der Waals surface area contributed by atoms with Gasteiger partial charge in [-0.15, -0.1) is 0 Å². The first-order valence-electron chi connectivity index (χ1n) is 12.4. The van der Waals surface area contributed by atoms with Gasteiger partial charge in [-0.1, -0.05) is 36.4 Å². The lowest BCUT2D eigenvalue weighted by molar-refractivity contribution is -0.117. The van der Waals surface area contributed by atoms with Gasteiger partial charge >= 0.3 is 0 Å². The van der Waals surface area contributed by atoms with Gasteiger partial charge in [0.15, 0.2) is 0 Å². The van der Waals surface area contributed by atoms with Crippen molar-refractivity contribution < 1.29 is 24.2 Å². The summed E-state index contributed by atoms with van der Waals surface area (Å²) in [5.41, 5.74) is 3.74. The molecular formula is C30H32N2O5. The summed E-state index contributed by atoms with van der Waals surface area (Å²) in [4.78, 5) is 25.6. The molecule has 4 rings (SSSR count). The Morgan fingerprint density at radius 3 is 2.24 bits per heavy atom. The van der Waals surface area contributed by atoms with Gasteiger partial charge in [0.05, 0.1) is 20.3 Å². The smallest absolute Gasteiger partial charge is 0.267 e. The van der Waals surface area contributed by atoms with E-state index < -0.39 is 11.8 Å². The van der Waals surface area contributed by atoms with E-state index >= 15 is 0 Å². The standard InChI is InChI=1S/C30H32N2O5/c1-36-26-12-4-21(5-13-26)16-19-37-27-14-10-25(11-15-27)29(34)32-28(30(35)31-17-18-33)20-22-2-6-23(7-3-22)24-8-9-24/h2-7,10-15,20,24,33H,8-9,16-19H2,1H3,(H,31,35)(H,32,34)/b28-20+. The average molecular weight is 501 g/mol. The van der Waals surface area contributed by atoms with Gasteiger partial charge in [-0.3, -0.25) is 9.59 Å². The van der Waals surface area contributed by atoms with Crippen LogP contribution in [0.1, 0.15) is 45.8 Å². The Morgan fingerprint density at radius 1 is 0.946 bits per heavy atom. The number of rotatable bonds is 12. The van der Waals surface area contributed by atoms with Crippen LogP contribution in [0.4, 0.5) is 0 Å². The van der Waals surface area contributed by atoms with Crippen LogP contribution in [-0.4, -0.2) is 43.8 Å². The van der Waals surface area contributed by atoms with Gasteiger partial charge in [0, 0.05) is 18.5 Å². The first-order valence-corrected chi connectivity index (χ1v) is 12.4. The molecule has 7 nitrogen and oxygen atoms in total. The van der Waals surface area contributed by atoms with E-state index in [9.17, 15) is 9.59 Å². The van der Waals surface area contributed by atoms with E-state index in [1.807, 2.05) is 36.4 Å². The monoisotopic (exact) mass is 500 g/mol. The van der Waals surface area contributed by atoms with Crippen molar-refractivity contribution in [3.05, 3.63) is 101 Å². The van der Waals surface area contributed by atoms with E-state index in [-0.39, 0.29) is 18.8 Å². The van der Waals surface area contributed by atoms with E-state index in [4.69, 9.17) is 14.6 Å². The first-order chi connectivity index (χ1) is 18.1. The molecule has 0 aromatic heterocycles. The van der Waals surface area contributed by atoms with Crippen molar-refractivity contribution in [1.29, 1.82) is 0 Å². The number of aliphatic hydroxyl groups excluding tert-OH is 1. The zero-order valence-corrected chi connectivity index (χ0v) is 20.9. The van der Waals surface area contributed by atoms with Crippen molar-refractivity contribution in [2.75, 3.05) is 26.9 Å². The maximum Gasteiger partial charge on any atom is 0.267 e. The number of aliphatic hydroxyl groups is 1. The van der Waals surface area contributed by atoms with Gasteiger partial charge < -0.3 is 25.2 Å². The number of benzene rings is 3. The Kier molecular flexibility index (Phi) is 8.94. The molecule has 7 heteroatoms. The molecule has 0 atom stereocenters. The van der Waals surface area contributed by atoms with Crippen LogP contribution in [0.25, 0.3) is 6.08 Å². The SMILES string of the molecule is COc1ccc(CCOc2ccc(C(=O)N/C(=C/c3ccc(C4CC4)cc3)C(=O)NCCO)cc2)cc1. The molecule has 1 fully saturated rings. The first kappa shape index (κ1) is 26.0. The highest BCUT2D eigenvalue weighted by molar-refractivity contribution is 6.05. The molecule has 0 heterocycles. The van der Waals surface area contributed by atoms with Crippen LogP contribution in [0.5, 0.6) is 11.5 Å². The van der Waals surface area contributed by atoms with Crippen molar-refractivity contribution in [1.82, 2.24) is 10.6 Å². The molecule has 2 amide bonds. The Morgan fingerprint density at radius 2 is 1.62 bits per heavy atom. The highest BCUT2D eigenvalue weighted by Crippen LogP contribution is 2.39. The summed E-state index contributed by atoms with van der Waals surface area (Å²) in [6, 6.07) is 22.6. The molecule has 0 aliphatic heterocycles. The summed E-state index contributed by atoms with van der Waals surface area (Å²) in [6.07, 6.45) is 4.81. The molecule has 0 unspecified atom stereocenters. The van der Waals surface area contributed by atoms with Crippen LogP contribution in [0.3, 0.4) is 0 Å². The number of ether oxygens (including phenoxy) is 2. The maximum atomic E-state index is 12.9. The molecule has 1 aliphatic rings. The van der Waals surface area contributed by atoms with E-state index in [0.717, 1.165) is 23.3 Å². The van der Waals surface area contributed by atoms with Crippen LogP contribution in [0.15, 0.2) is 78.5 Å². The van der Waals surface area contributed by atoms with Crippen LogP contribution < -0.4 is 20.1 Å². The molecule has 3 aromatic carbocycles. The number of methoxy groups -OCH3 is 1. The van der Waals surface area contributed by atoms with Crippen LogP contribution in [0, 0.1) is 0 Å². The average Bonchev–Trinajstić information content (AvgIpc) is 3.78. The fourth-order valence-corrected chi connectivity index (χ4v) is 3.85. The molecule has 1 saturated carbocycles. The van der Waals surface area contributed by atoms with Gasteiger partial charge in [-0.25, -0.2) is 0 Å². The van der Waals surface area contributed by atoms with E-state index in [0.29, 0.717) is 23.8 Å². The number of nitrogens with one attached hydrogen (secondary N) is 2. The minimum absolute atomic E-state index is 0.0925. The lowest BCUT2D eigenvalue weighted by atomic mass is 10.1. The van der Waals surface area contributed by atoms with Gasteiger partial charge in [0.25, 0.3) is 11.8 Å². The Labute approximate surface area is 217 Å². The Hall–Kier alpha value is -4.10. The van der Waals surface area contributed by atoms with Crippen molar-refractivity contribution in [2.24, 2.45) is 0 Å². The minimum Gasteiger partial charge on any atom is -0.497 e. The van der Waals surface area contributed by atoms with Crippen LogP contribution in [-0.2, 0) is 11.2 Å². The lowest BCUT2D eigenvalue weighted by Gasteiger charge is -2.12. The van der Waals surface area contributed by atoms with Crippen molar-refractivity contribution in [3.8, 4) is 11.5 Å². The normalized spacial score (nSPS) is 13.1. The highest BCUT2D eigenvalue weighted by atomic mass is 16.5. The molecule has 3 N–H and O–H groups in total. The third-order valence-corrected chi connectivity index (χ3v) is 6.12. The van der Waals surface area contributed by atoms with Crippen LogP contribution >= 0.6 is 0 Å². The number of amides is 2. The second-order valence-electron chi connectivity index (χ2n) is 8.90. The zero-order chi connectivity index (χ0) is 26.0. The minimum atomic E-state index is -0.466. The molecule has 0 spiro atoms. The molecule has 37 heavy (non-hydrogen) atoms. The fraction of sp³-hybridized carbons (Fsp3) is 0.267. The summed E-state index contributed by atoms with van der Waals surface area (Å²) < 4.78 is 11.0. The molecule has 0 radical (unpaired) electrons. The molecule has 0 saturated heterocycles. The Bertz CT molecular complexity index is 1210. The van der Waals surface area contributed by atoms with E-state index in [2.05, 4.69) is 22.8 Å². The second-order valence-corrected chi connectivity index (χ2v) is 8.90. The number of hydrogen-bond acceptors (Lipinski definition) is 5. The third-order valence-electron chi connectivity index (χ3n) is 6.12. The Balaban J connectivity index is 1.36. The number of carbonyl (C=O) groups excluding carboxylic acids is 2. The van der Waals surface area contributed by atoms with Crippen molar-refractivity contribution in [3.63, 3.8) is 0 Å². The molecule has 192 valence electrons. The second kappa shape index (κ2) is 12.7. The van der Waals surface area contributed by atoms with E-state index in [1.54, 1.807) is 37.5 Å².